The Morgan fingerprint density at radius 3 is 2.79 bits per heavy atom. The van der Waals surface area contributed by atoms with Gasteiger partial charge in [-0.1, -0.05) is 31.5 Å². The summed E-state index contributed by atoms with van der Waals surface area (Å²) in [7, 11) is 0. The smallest absolute Gasteiger partial charge is 0.319 e. The number of amides is 2. The van der Waals surface area contributed by atoms with Gasteiger partial charge in [-0.3, -0.25) is 4.98 Å². The van der Waals surface area contributed by atoms with Gasteiger partial charge in [0, 0.05) is 18.1 Å². The summed E-state index contributed by atoms with van der Waals surface area (Å²) < 4.78 is 5.52. The van der Waals surface area contributed by atoms with Gasteiger partial charge in [0.15, 0.2) is 0 Å². The molecule has 0 bridgehead atoms. The molecule has 0 saturated heterocycles. The minimum atomic E-state index is -0.288. The molecule has 2 amide bonds. The number of urea groups is 1. The first kappa shape index (κ1) is 18.1. The zero-order valence-electron chi connectivity index (χ0n) is 13.9. The van der Waals surface area contributed by atoms with Crippen LogP contribution in [0.3, 0.4) is 0 Å². The summed E-state index contributed by atoms with van der Waals surface area (Å²) in [4.78, 5) is 16.3. The molecule has 0 aliphatic heterocycles. The summed E-state index contributed by atoms with van der Waals surface area (Å²) in [6, 6.07) is 8.61. The van der Waals surface area contributed by atoms with Crippen molar-refractivity contribution in [1.82, 2.24) is 10.3 Å². The molecule has 1 aromatic carbocycles. The third kappa shape index (κ3) is 5.13. The summed E-state index contributed by atoms with van der Waals surface area (Å²) in [5, 5.41) is 6.20. The Morgan fingerprint density at radius 2 is 2.17 bits per heavy atom. The highest BCUT2D eigenvalue weighted by Crippen LogP contribution is 2.28. The van der Waals surface area contributed by atoms with Gasteiger partial charge in [-0.15, -0.1) is 0 Å². The molecule has 24 heavy (non-hydrogen) atoms. The lowest BCUT2D eigenvalue weighted by Crippen LogP contribution is -2.32. The SMILES string of the molecule is CCCOc1ccc(NC(=O)N[C@@H](CC)c2cccnc2)cc1Cl. The summed E-state index contributed by atoms with van der Waals surface area (Å²) in [6.07, 6.45) is 5.14. The lowest BCUT2D eigenvalue weighted by Gasteiger charge is -2.18. The van der Waals surface area contributed by atoms with Crippen LogP contribution in [-0.2, 0) is 0 Å². The van der Waals surface area contributed by atoms with E-state index in [1.54, 1.807) is 30.6 Å². The van der Waals surface area contributed by atoms with Crippen LogP contribution in [0, 0.1) is 0 Å². The van der Waals surface area contributed by atoms with Crippen molar-refractivity contribution in [3.05, 3.63) is 53.3 Å². The van der Waals surface area contributed by atoms with Crippen molar-refractivity contribution in [2.24, 2.45) is 0 Å². The summed E-state index contributed by atoms with van der Waals surface area (Å²) in [6.45, 7) is 4.64. The molecule has 0 spiro atoms. The van der Waals surface area contributed by atoms with E-state index in [9.17, 15) is 4.79 Å². The van der Waals surface area contributed by atoms with Crippen LogP contribution >= 0.6 is 11.6 Å². The van der Waals surface area contributed by atoms with Crippen molar-refractivity contribution in [3.63, 3.8) is 0 Å². The molecule has 1 atom stereocenters. The molecule has 6 heteroatoms. The fraction of sp³-hybridized carbons (Fsp3) is 0.333. The predicted octanol–water partition coefficient (Wildman–Crippen LogP) is 4.80. The number of hydrogen-bond donors (Lipinski definition) is 2. The zero-order valence-corrected chi connectivity index (χ0v) is 14.6. The third-order valence-corrected chi connectivity index (χ3v) is 3.75. The fourth-order valence-corrected chi connectivity index (χ4v) is 2.47. The van der Waals surface area contributed by atoms with Crippen LogP contribution in [0.4, 0.5) is 10.5 Å². The topological polar surface area (TPSA) is 63.2 Å². The first-order valence-corrected chi connectivity index (χ1v) is 8.41. The zero-order chi connectivity index (χ0) is 17.4. The largest absolute Gasteiger partial charge is 0.492 e. The van der Waals surface area contributed by atoms with Crippen LogP contribution in [0.5, 0.6) is 5.75 Å². The molecule has 1 aromatic heterocycles. The third-order valence-electron chi connectivity index (χ3n) is 3.45. The van der Waals surface area contributed by atoms with Crippen LogP contribution in [0.25, 0.3) is 0 Å². The van der Waals surface area contributed by atoms with Crippen LogP contribution in [0.2, 0.25) is 5.02 Å². The number of anilines is 1. The molecule has 2 aromatic rings. The van der Waals surface area contributed by atoms with Crippen LogP contribution < -0.4 is 15.4 Å². The van der Waals surface area contributed by atoms with Crippen LogP contribution in [0.15, 0.2) is 42.7 Å². The number of hydrogen-bond acceptors (Lipinski definition) is 3. The van der Waals surface area contributed by atoms with Crippen molar-refractivity contribution < 1.29 is 9.53 Å². The second-order valence-corrected chi connectivity index (χ2v) is 5.75. The molecule has 0 radical (unpaired) electrons. The maximum Gasteiger partial charge on any atom is 0.319 e. The summed E-state index contributed by atoms with van der Waals surface area (Å²) in [5.41, 5.74) is 1.58. The van der Waals surface area contributed by atoms with Crippen molar-refractivity contribution in [2.75, 3.05) is 11.9 Å². The first-order valence-electron chi connectivity index (χ1n) is 8.03. The minimum absolute atomic E-state index is 0.0960. The number of carbonyl (C=O) groups excluding carboxylic acids is 1. The van der Waals surface area contributed by atoms with Gasteiger partial charge in [0.2, 0.25) is 0 Å². The second kappa shape index (κ2) is 9.13. The van der Waals surface area contributed by atoms with Crippen LogP contribution in [-0.4, -0.2) is 17.6 Å². The first-order chi connectivity index (χ1) is 11.6. The van der Waals surface area contributed by atoms with Gasteiger partial charge in [0.05, 0.1) is 17.7 Å². The Hall–Kier alpha value is -2.27. The lowest BCUT2D eigenvalue weighted by atomic mass is 10.1. The maximum atomic E-state index is 12.2. The molecule has 0 aliphatic rings. The average Bonchev–Trinajstić information content (AvgIpc) is 2.60. The Balaban J connectivity index is 1.97. The number of aromatic nitrogens is 1. The van der Waals surface area contributed by atoms with Gasteiger partial charge < -0.3 is 15.4 Å². The van der Waals surface area contributed by atoms with E-state index in [-0.39, 0.29) is 12.1 Å². The number of halogens is 1. The predicted molar refractivity (Wildman–Crippen MR) is 96.7 cm³/mol. The quantitative estimate of drug-likeness (QED) is 0.756. The minimum Gasteiger partial charge on any atom is -0.492 e. The number of nitrogens with one attached hydrogen (secondary N) is 2. The van der Waals surface area contributed by atoms with Gasteiger partial charge in [-0.25, -0.2) is 4.79 Å². The standard InChI is InChI=1S/C18H22ClN3O2/c1-3-10-24-17-8-7-14(11-15(17)19)21-18(23)22-16(4-2)13-6-5-9-20-12-13/h5-9,11-12,16H,3-4,10H2,1-2H3,(H2,21,22,23)/t16-/m0/s1. The molecular weight excluding hydrogens is 326 g/mol. The Labute approximate surface area is 147 Å². The van der Waals surface area contributed by atoms with Gasteiger partial charge >= 0.3 is 6.03 Å². The molecule has 128 valence electrons. The van der Waals surface area contributed by atoms with Gasteiger partial charge in [0.25, 0.3) is 0 Å². The monoisotopic (exact) mass is 347 g/mol. The highest BCUT2D eigenvalue weighted by atomic mass is 35.5. The molecule has 5 nitrogen and oxygen atoms in total. The number of pyridine rings is 1. The molecule has 0 aliphatic carbocycles. The normalized spacial score (nSPS) is 11.6. The second-order valence-electron chi connectivity index (χ2n) is 5.34. The van der Waals surface area contributed by atoms with Crippen molar-refractivity contribution in [2.45, 2.75) is 32.7 Å². The number of rotatable bonds is 7. The van der Waals surface area contributed by atoms with Crippen molar-refractivity contribution in [3.8, 4) is 5.75 Å². The number of nitrogens with zero attached hydrogens (tertiary/aromatic N) is 1. The Kier molecular flexibility index (Phi) is 6.88. The van der Waals surface area contributed by atoms with Gasteiger partial charge in [-0.2, -0.15) is 0 Å². The number of benzene rings is 1. The highest BCUT2D eigenvalue weighted by molar-refractivity contribution is 6.32. The number of ether oxygens (including phenoxy) is 1. The molecule has 0 saturated carbocycles. The Morgan fingerprint density at radius 1 is 1.33 bits per heavy atom. The van der Waals surface area contributed by atoms with Crippen LogP contribution in [0.1, 0.15) is 38.3 Å². The molecular formula is C18H22ClN3O2. The van der Waals surface area contributed by atoms with E-state index in [0.717, 1.165) is 18.4 Å². The van der Waals surface area contributed by atoms with E-state index in [2.05, 4.69) is 15.6 Å². The van der Waals surface area contributed by atoms with Crippen molar-refractivity contribution >= 4 is 23.3 Å². The fourth-order valence-electron chi connectivity index (χ4n) is 2.24. The maximum absolute atomic E-state index is 12.2. The van der Waals surface area contributed by atoms with E-state index >= 15 is 0 Å². The van der Waals surface area contributed by atoms with E-state index in [0.29, 0.717) is 23.1 Å². The van der Waals surface area contributed by atoms with Crippen molar-refractivity contribution in [1.29, 1.82) is 0 Å². The molecule has 1 heterocycles. The lowest BCUT2D eigenvalue weighted by molar-refractivity contribution is 0.248. The summed E-state index contributed by atoms with van der Waals surface area (Å²) >= 11 is 6.17. The molecule has 0 fully saturated rings. The molecule has 2 rings (SSSR count). The van der Waals surface area contributed by atoms with E-state index in [1.165, 1.54) is 0 Å². The number of carbonyl (C=O) groups is 1. The molecule has 2 N–H and O–H groups in total. The van der Waals surface area contributed by atoms with E-state index in [1.807, 2.05) is 26.0 Å². The van der Waals surface area contributed by atoms with E-state index in [4.69, 9.17) is 16.3 Å². The van der Waals surface area contributed by atoms with E-state index < -0.39 is 0 Å². The average molecular weight is 348 g/mol. The molecule has 0 unspecified atom stereocenters. The summed E-state index contributed by atoms with van der Waals surface area (Å²) in [5.74, 6) is 0.617. The highest BCUT2D eigenvalue weighted by Gasteiger charge is 2.13. The Bertz CT molecular complexity index is 665. The van der Waals surface area contributed by atoms with Gasteiger partial charge in [-0.05, 0) is 42.7 Å². The van der Waals surface area contributed by atoms with Gasteiger partial charge in [0.1, 0.15) is 5.75 Å².